The van der Waals surface area contributed by atoms with Crippen molar-refractivity contribution >= 4 is 0 Å². The largest absolute Gasteiger partial charge is 0 e. The third-order valence-electron chi connectivity index (χ3n) is 0. The summed E-state index contributed by atoms with van der Waals surface area (Å²) in [7, 11) is 0. The van der Waals surface area contributed by atoms with Gasteiger partial charge in [-0.15, -0.1) is 0 Å². The molecule has 0 amide bonds. The van der Waals surface area contributed by atoms with E-state index < -0.39 is 0 Å². The molecule has 0 atom stereocenters. The second-order valence-corrected chi connectivity index (χ2v) is 0. The summed E-state index contributed by atoms with van der Waals surface area (Å²) in [5, 5.41) is 0. The summed E-state index contributed by atoms with van der Waals surface area (Å²) >= 11 is 0. The van der Waals surface area contributed by atoms with Crippen LogP contribution in [0.5, 0.6) is 0 Å². The molecule has 0 aromatic carbocycles. The molecule has 4 heteroatoms. The smallest absolute Gasteiger partial charge is 0 e. The topological polar surface area (TPSA) is 0 Å². The van der Waals surface area contributed by atoms with Crippen LogP contribution in [0.4, 0.5) is 0 Å². The van der Waals surface area contributed by atoms with E-state index in [1.807, 2.05) is 0 Å². The summed E-state index contributed by atoms with van der Waals surface area (Å²) in [6.45, 7) is 0. The molecule has 0 spiro atoms. The van der Waals surface area contributed by atoms with Gasteiger partial charge >= 0.3 is 0 Å². The monoisotopic (exact) mass is 350 g/mol. The Morgan fingerprint density at radius 2 is 1.00 bits per heavy atom. The molecule has 0 heterocycles. The van der Waals surface area contributed by atoms with Crippen molar-refractivity contribution in [2.24, 2.45) is 0 Å². The van der Waals surface area contributed by atoms with Crippen LogP contribution in [0.15, 0.2) is 0 Å². The van der Waals surface area contributed by atoms with Gasteiger partial charge in [0, 0.05) is 73.5 Å². The first kappa shape index (κ1) is 33.5. The number of hydrogen-bond acceptors (Lipinski definition) is 0. The van der Waals surface area contributed by atoms with Gasteiger partial charge in [-0.2, -0.15) is 0 Å². The molecule has 0 unspecified atom stereocenters. The van der Waals surface area contributed by atoms with Gasteiger partial charge in [0.15, 0.2) is 0 Å². The molecular formula is CoFeVW. The van der Waals surface area contributed by atoms with Crippen LogP contribution in [0.3, 0.4) is 0 Å². The van der Waals surface area contributed by atoms with Crippen LogP contribution in [0.25, 0.3) is 0 Å². The van der Waals surface area contributed by atoms with Crippen LogP contribution in [0, 0.1) is 0 Å². The van der Waals surface area contributed by atoms with E-state index in [0.717, 1.165) is 0 Å². The second kappa shape index (κ2) is 18.5. The Kier molecular flexibility index (Phi) is 155. The molecule has 28 valence electrons. The number of hydrogen-bond donors (Lipinski definition) is 0. The minimum atomic E-state index is 0. The fourth-order valence-corrected chi connectivity index (χ4v) is 0. The summed E-state index contributed by atoms with van der Waals surface area (Å²) in [5.74, 6) is 0. The molecule has 0 aromatic rings. The van der Waals surface area contributed by atoms with E-state index in [9.17, 15) is 0 Å². The predicted molar refractivity (Wildman–Crippen MR) is 0 cm³/mol. The summed E-state index contributed by atoms with van der Waals surface area (Å²) in [6, 6.07) is 0. The van der Waals surface area contributed by atoms with Gasteiger partial charge in [0.2, 0.25) is 0 Å². The maximum Gasteiger partial charge on any atom is 0 e. The minimum Gasteiger partial charge on any atom is 0 e. The van der Waals surface area contributed by atoms with Crippen molar-refractivity contribution < 1.29 is 73.5 Å². The van der Waals surface area contributed by atoms with E-state index in [2.05, 4.69) is 0 Å². The SMILES string of the molecule is [Co].[Fe].[V].[W]. The molecule has 0 saturated carbocycles. The molecule has 0 rings (SSSR count). The Hall–Kier alpha value is 2.30. The van der Waals surface area contributed by atoms with E-state index in [4.69, 9.17) is 0 Å². The van der Waals surface area contributed by atoms with Crippen molar-refractivity contribution in [1.29, 1.82) is 0 Å². The molecule has 0 nitrogen and oxygen atoms in total. The molecule has 0 saturated heterocycles. The van der Waals surface area contributed by atoms with Crippen LogP contribution in [-0.4, -0.2) is 0 Å². The Morgan fingerprint density at radius 3 is 1.00 bits per heavy atom. The quantitative estimate of drug-likeness (QED) is 0.540. The molecule has 0 aliphatic heterocycles. The van der Waals surface area contributed by atoms with E-state index in [1.165, 1.54) is 0 Å². The fraction of sp³-hybridized carbons (Fsp3) is 0. The third-order valence-corrected chi connectivity index (χ3v) is 0. The van der Waals surface area contributed by atoms with Gasteiger partial charge in [-0.05, 0) is 0 Å². The maximum absolute atomic E-state index is 0. The van der Waals surface area contributed by atoms with Crippen LogP contribution >= 0.6 is 0 Å². The third kappa shape index (κ3) is 8.85. The first-order valence-corrected chi connectivity index (χ1v) is 0. The first-order chi connectivity index (χ1) is 0. The Labute approximate surface area is 72.7 Å². The van der Waals surface area contributed by atoms with Gasteiger partial charge in [-0.25, -0.2) is 0 Å². The summed E-state index contributed by atoms with van der Waals surface area (Å²) in [4.78, 5) is 0. The van der Waals surface area contributed by atoms with Crippen molar-refractivity contribution in [1.82, 2.24) is 0 Å². The number of rotatable bonds is 0. The normalized spacial score (nSPS) is 0. The fourth-order valence-electron chi connectivity index (χ4n) is 0. The Balaban J connectivity index is 0. The summed E-state index contributed by atoms with van der Waals surface area (Å²) in [6.07, 6.45) is 0. The van der Waals surface area contributed by atoms with Gasteiger partial charge in [-0.1, -0.05) is 0 Å². The molecule has 0 bridgehead atoms. The zero-order chi connectivity index (χ0) is 0. The van der Waals surface area contributed by atoms with Gasteiger partial charge in [0.25, 0.3) is 0 Å². The van der Waals surface area contributed by atoms with Gasteiger partial charge in [-0.3, -0.25) is 0 Å². The van der Waals surface area contributed by atoms with Crippen molar-refractivity contribution in [2.75, 3.05) is 0 Å². The molecule has 2 radical (unpaired) electrons. The Bertz CT molecular complexity index is 8.00. The molecule has 0 aromatic heterocycles. The average molecular weight is 350 g/mol. The molecule has 0 aliphatic carbocycles. The van der Waals surface area contributed by atoms with E-state index >= 15 is 0 Å². The second-order valence-electron chi connectivity index (χ2n) is 0. The standard InChI is InChI=1S/Co.Fe.V.W. The molecule has 0 N–H and O–H groups in total. The first-order valence-electron chi connectivity index (χ1n) is 0. The van der Waals surface area contributed by atoms with Gasteiger partial charge < -0.3 is 0 Å². The van der Waals surface area contributed by atoms with Crippen LogP contribution < -0.4 is 0 Å². The van der Waals surface area contributed by atoms with Gasteiger partial charge in [0.1, 0.15) is 0 Å². The molecule has 4 heavy (non-hydrogen) atoms. The Morgan fingerprint density at radius 1 is 1.00 bits per heavy atom. The predicted octanol–water partition coefficient (Wildman–Crippen LogP) is -0.0100. The van der Waals surface area contributed by atoms with Gasteiger partial charge in [0.05, 0.1) is 0 Å². The maximum atomic E-state index is 0. The molecule has 0 aliphatic rings. The minimum absolute atomic E-state index is 0. The van der Waals surface area contributed by atoms with Crippen molar-refractivity contribution in [3.63, 3.8) is 0 Å². The van der Waals surface area contributed by atoms with E-state index in [1.54, 1.807) is 0 Å². The summed E-state index contributed by atoms with van der Waals surface area (Å²) in [5.41, 5.74) is 0. The zero-order valence-corrected chi connectivity index (χ0v) is 8.02. The van der Waals surface area contributed by atoms with Crippen LogP contribution in [0.1, 0.15) is 0 Å². The molecular weight excluding hydrogens is 350 g/mol. The van der Waals surface area contributed by atoms with Crippen molar-refractivity contribution in [2.45, 2.75) is 0 Å². The van der Waals surface area contributed by atoms with Crippen LogP contribution in [0.2, 0.25) is 0 Å². The van der Waals surface area contributed by atoms with Crippen molar-refractivity contribution in [3.8, 4) is 0 Å². The average Bonchev–Trinajstić information content (AvgIpc) is 0. The van der Waals surface area contributed by atoms with E-state index in [-0.39, 0.29) is 73.5 Å². The van der Waals surface area contributed by atoms with E-state index in [0.29, 0.717) is 0 Å². The molecule has 0 fully saturated rings. The van der Waals surface area contributed by atoms with Crippen molar-refractivity contribution in [3.05, 3.63) is 0 Å². The zero-order valence-electron chi connectivity index (χ0n) is 1.54. The van der Waals surface area contributed by atoms with Crippen LogP contribution in [-0.2, 0) is 73.5 Å². The summed E-state index contributed by atoms with van der Waals surface area (Å²) < 4.78 is 0.